The van der Waals surface area contributed by atoms with Crippen LogP contribution in [0, 0.1) is 0 Å². The lowest BCUT2D eigenvalue weighted by Crippen LogP contribution is -2.38. The van der Waals surface area contributed by atoms with Crippen LogP contribution in [0.15, 0.2) is 10.6 Å². The van der Waals surface area contributed by atoms with Gasteiger partial charge in [-0.15, -0.1) is 0 Å². The van der Waals surface area contributed by atoms with Crippen molar-refractivity contribution in [1.29, 1.82) is 0 Å². The molecular weight excluding hydrogens is 246 g/mol. The van der Waals surface area contributed by atoms with Crippen LogP contribution < -0.4 is 0 Å². The minimum absolute atomic E-state index is 0.110. The van der Waals surface area contributed by atoms with Crippen molar-refractivity contribution >= 4 is 11.9 Å². The largest absolute Gasteiger partial charge is 0.444 e. The Morgan fingerprint density at radius 3 is 2.95 bits per heavy atom. The number of urea groups is 1. The standard InChI is InChI=1S/C13H17N3O3/c1-2-9-7-14-11(19-9)8-16-12(17)10-5-3-4-6-15(10)13(16)18/h7,10H,2-6,8H2,1H3. The summed E-state index contributed by atoms with van der Waals surface area (Å²) in [7, 11) is 0. The molecule has 6 nitrogen and oxygen atoms in total. The number of piperidine rings is 1. The molecule has 19 heavy (non-hydrogen) atoms. The van der Waals surface area contributed by atoms with Crippen molar-refractivity contribution in [3.8, 4) is 0 Å². The summed E-state index contributed by atoms with van der Waals surface area (Å²) in [5.41, 5.74) is 0. The van der Waals surface area contributed by atoms with Gasteiger partial charge in [-0.25, -0.2) is 9.78 Å². The van der Waals surface area contributed by atoms with E-state index in [1.165, 1.54) is 4.90 Å². The highest BCUT2D eigenvalue weighted by atomic mass is 16.4. The maximum atomic E-state index is 12.2. The van der Waals surface area contributed by atoms with Crippen molar-refractivity contribution in [3.05, 3.63) is 17.8 Å². The minimum Gasteiger partial charge on any atom is -0.444 e. The van der Waals surface area contributed by atoms with Crippen LogP contribution in [0.1, 0.15) is 37.8 Å². The molecule has 3 amide bonds. The molecule has 3 rings (SSSR count). The molecule has 2 aliphatic heterocycles. The van der Waals surface area contributed by atoms with Crippen LogP contribution in [-0.4, -0.2) is 39.3 Å². The number of carbonyl (C=O) groups excluding carboxylic acids is 2. The lowest BCUT2D eigenvalue weighted by Gasteiger charge is -2.25. The van der Waals surface area contributed by atoms with Crippen LogP contribution in [0.3, 0.4) is 0 Å². The molecule has 0 radical (unpaired) electrons. The number of nitrogens with zero attached hydrogens (tertiary/aromatic N) is 3. The van der Waals surface area contributed by atoms with E-state index in [0.29, 0.717) is 12.4 Å². The highest BCUT2D eigenvalue weighted by Crippen LogP contribution is 2.27. The topological polar surface area (TPSA) is 66.7 Å². The average Bonchev–Trinajstić information content (AvgIpc) is 2.99. The summed E-state index contributed by atoms with van der Waals surface area (Å²) in [4.78, 5) is 31.5. The van der Waals surface area contributed by atoms with E-state index in [2.05, 4.69) is 4.98 Å². The molecule has 1 atom stereocenters. The zero-order valence-corrected chi connectivity index (χ0v) is 11.0. The zero-order chi connectivity index (χ0) is 13.4. The van der Waals surface area contributed by atoms with Crippen molar-refractivity contribution in [2.24, 2.45) is 0 Å². The molecule has 2 saturated heterocycles. The maximum Gasteiger partial charge on any atom is 0.327 e. The van der Waals surface area contributed by atoms with Crippen molar-refractivity contribution in [2.75, 3.05) is 6.54 Å². The Bertz CT molecular complexity index is 487. The van der Waals surface area contributed by atoms with Gasteiger partial charge in [0.1, 0.15) is 18.3 Å². The number of carbonyl (C=O) groups is 2. The van der Waals surface area contributed by atoms with Crippen LogP contribution in [0.5, 0.6) is 0 Å². The van der Waals surface area contributed by atoms with Gasteiger partial charge in [0.2, 0.25) is 5.89 Å². The molecule has 0 aliphatic carbocycles. The number of aryl methyl sites for hydroxylation is 1. The Hall–Kier alpha value is -1.85. The van der Waals surface area contributed by atoms with Crippen molar-refractivity contribution in [3.63, 3.8) is 0 Å². The lowest BCUT2D eigenvalue weighted by molar-refractivity contribution is -0.129. The van der Waals surface area contributed by atoms with Gasteiger partial charge in [-0.3, -0.25) is 9.69 Å². The van der Waals surface area contributed by atoms with Gasteiger partial charge in [0, 0.05) is 13.0 Å². The van der Waals surface area contributed by atoms with Gasteiger partial charge in [-0.05, 0) is 19.3 Å². The summed E-state index contributed by atoms with van der Waals surface area (Å²) in [5.74, 6) is 1.09. The fourth-order valence-corrected chi connectivity index (χ4v) is 2.71. The van der Waals surface area contributed by atoms with E-state index < -0.39 is 0 Å². The van der Waals surface area contributed by atoms with Crippen LogP contribution in [0.25, 0.3) is 0 Å². The Morgan fingerprint density at radius 2 is 2.26 bits per heavy atom. The SMILES string of the molecule is CCc1cnc(CN2C(=O)C3CCCCN3C2=O)o1. The number of aromatic nitrogens is 1. The maximum absolute atomic E-state index is 12.2. The van der Waals surface area contributed by atoms with E-state index >= 15 is 0 Å². The van der Waals surface area contributed by atoms with E-state index in [1.807, 2.05) is 6.92 Å². The lowest BCUT2D eigenvalue weighted by atomic mass is 10.0. The Morgan fingerprint density at radius 1 is 1.42 bits per heavy atom. The zero-order valence-electron chi connectivity index (χ0n) is 11.0. The fraction of sp³-hybridized carbons (Fsp3) is 0.615. The van der Waals surface area contributed by atoms with E-state index in [4.69, 9.17) is 4.42 Å². The predicted molar refractivity (Wildman–Crippen MR) is 66.2 cm³/mol. The summed E-state index contributed by atoms with van der Waals surface area (Å²) in [5, 5.41) is 0. The van der Waals surface area contributed by atoms with Crippen molar-refractivity contribution in [1.82, 2.24) is 14.8 Å². The summed E-state index contributed by atoms with van der Waals surface area (Å²) >= 11 is 0. The molecule has 0 spiro atoms. The summed E-state index contributed by atoms with van der Waals surface area (Å²) in [6.07, 6.45) is 5.15. The molecular formula is C13H17N3O3. The van der Waals surface area contributed by atoms with Crippen molar-refractivity contribution < 1.29 is 14.0 Å². The third kappa shape index (κ3) is 2.01. The molecule has 0 aromatic carbocycles. The number of hydrogen-bond donors (Lipinski definition) is 0. The summed E-state index contributed by atoms with van der Waals surface area (Å²) in [6, 6.07) is -0.465. The van der Waals surface area contributed by atoms with Crippen LogP contribution >= 0.6 is 0 Å². The molecule has 1 unspecified atom stereocenters. The molecule has 1 aromatic rings. The first-order valence-corrected chi connectivity index (χ1v) is 6.76. The van der Waals surface area contributed by atoms with Crippen molar-refractivity contribution in [2.45, 2.75) is 45.2 Å². The first-order chi connectivity index (χ1) is 9.20. The normalized spacial score (nSPS) is 23.1. The predicted octanol–water partition coefficient (Wildman–Crippen LogP) is 1.55. The number of rotatable bonds is 3. The smallest absolute Gasteiger partial charge is 0.327 e. The number of fused-ring (bicyclic) bond motifs is 1. The van der Waals surface area contributed by atoms with E-state index in [-0.39, 0.29) is 24.5 Å². The molecule has 2 fully saturated rings. The monoisotopic (exact) mass is 263 g/mol. The molecule has 1 aromatic heterocycles. The van der Waals surface area contributed by atoms with E-state index in [0.717, 1.165) is 31.4 Å². The third-order valence-corrected chi connectivity index (χ3v) is 3.77. The highest BCUT2D eigenvalue weighted by molar-refractivity contribution is 6.04. The molecule has 3 heterocycles. The molecule has 0 N–H and O–H groups in total. The quantitative estimate of drug-likeness (QED) is 0.776. The second kappa shape index (κ2) is 4.68. The first kappa shape index (κ1) is 12.2. The molecule has 6 heteroatoms. The number of amides is 3. The van der Waals surface area contributed by atoms with Gasteiger partial charge in [-0.2, -0.15) is 0 Å². The fourth-order valence-electron chi connectivity index (χ4n) is 2.71. The van der Waals surface area contributed by atoms with Crippen LogP contribution in [0.2, 0.25) is 0 Å². The van der Waals surface area contributed by atoms with Crippen LogP contribution in [-0.2, 0) is 17.8 Å². The second-order valence-electron chi connectivity index (χ2n) is 4.99. The molecule has 102 valence electrons. The van der Waals surface area contributed by atoms with Crippen LogP contribution in [0.4, 0.5) is 4.79 Å². The van der Waals surface area contributed by atoms with E-state index in [1.54, 1.807) is 11.1 Å². The highest BCUT2D eigenvalue weighted by Gasteiger charge is 2.46. The van der Waals surface area contributed by atoms with Gasteiger partial charge in [-0.1, -0.05) is 6.92 Å². The average molecular weight is 263 g/mol. The Labute approximate surface area is 111 Å². The van der Waals surface area contributed by atoms with Gasteiger partial charge in [0.15, 0.2) is 0 Å². The number of oxazole rings is 1. The Kier molecular flexibility index (Phi) is 3.00. The molecule has 2 aliphatic rings. The molecule has 0 bridgehead atoms. The number of hydrogen-bond acceptors (Lipinski definition) is 4. The third-order valence-electron chi connectivity index (χ3n) is 3.77. The molecule has 0 saturated carbocycles. The first-order valence-electron chi connectivity index (χ1n) is 6.76. The Balaban J connectivity index is 1.77. The second-order valence-corrected chi connectivity index (χ2v) is 4.99. The van der Waals surface area contributed by atoms with Gasteiger partial charge >= 0.3 is 6.03 Å². The van der Waals surface area contributed by atoms with E-state index in [9.17, 15) is 9.59 Å². The van der Waals surface area contributed by atoms with Gasteiger partial charge in [0.25, 0.3) is 5.91 Å². The number of imide groups is 1. The summed E-state index contributed by atoms with van der Waals surface area (Å²) in [6.45, 7) is 2.79. The van der Waals surface area contributed by atoms with Gasteiger partial charge in [0.05, 0.1) is 6.20 Å². The van der Waals surface area contributed by atoms with Gasteiger partial charge < -0.3 is 9.32 Å². The summed E-state index contributed by atoms with van der Waals surface area (Å²) < 4.78 is 5.47. The minimum atomic E-state index is -0.262.